The van der Waals surface area contributed by atoms with Crippen LogP contribution in [-0.2, 0) is 0 Å². The van der Waals surface area contributed by atoms with Crippen molar-refractivity contribution >= 4 is 0 Å². The Hall–Kier alpha value is -1.80. The van der Waals surface area contributed by atoms with Gasteiger partial charge in [0.05, 0.1) is 0 Å². The Morgan fingerprint density at radius 1 is 0.273 bits per heavy atom. The van der Waals surface area contributed by atoms with Gasteiger partial charge in [0, 0.05) is 5.57 Å². The van der Waals surface area contributed by atoms with E-state index in [0.29, 0.717) is 0 Å². The molecule has 0 aliphatic carbocycles. The standard InChI is InChI=1S/C11F22/c12-4(10(28,29)30,11(31,32)33)1(2(5(13,14)15)6(16,17)18)3(7(19,20)21,8(22,23)24)9(25,26)27. The van der Waals surface area contributed by atoms with E-state index < -0.39 is 65.5 Å². The molecule has 0 aliphatic heterocycles. The van der Waals surface area contributed by atoms with E-state index in [1.807, 2.05) is 0 Å². The summed E-state index contributed by atoms with van der Waals surface area (Å²) < 4.78 is 283. The molecule has 0 saturated heterocycles. The fraction of sp³-hybridized carbons (Fsp3) is 0.818. The number of alkyl halides is 22. The van der Waals surface area contributed by atoms with Gasteiger partial charge in [-0.3, -0.25) is 0 Å². The molecule has 0 nitrogen and oxygen atoms in total. The average molecular weight is 550 g/mol. The van der Waals surface area contributed by atoms with Crippen molar-refractivity contribution in [3.05, 3.63) is 11.1 Å². The minimum Gasteiger partial charge on any atom is -0.218 e. The van der Waals surface area contributed by atoms with E-state index in [0.717, 1.165) is 0 Å². The zero-order valence-corrected chi connectivity index (χ0v) is 13.8. The molecule has 0 amide bonds. The Balaban J connectivity index is 9.10. The Labute approximate surface area is 163 Å². The minimum absolute atomic E-state index is 6.32. The van der Waals surface area contributed by atoms with Crippen LogP contribution >= 0.6 is 0 Å². The lowest BCUT2D eigenvalue weighted by atomic mass is 9.67. The first-order valence-electron chi connectivity index (χ1n) is 6.66. The molecule has 0 N–H and O–H groups in total. The van der Waals surface area contributed by atoms with E-state index >= 15 is 0 Å². The molecule has 0 unspecified atom stereocenters. The van der Waals surface area contributed by atoms with Crippen LogP contribution in [-0.4, -0.2) is 48.9 Å². The Morgan fingerprint density at radius 2 is 0.485 bits per heavy atom. The van der Waals surface area contributed by atoms with E-state index in [9.17, 15) is 96.6 Å². The summed E-state index contributed by atoms with van der Waals surface area (Å²) in [5.74, 6) is 0. The molecule has 0 bridgehead atoms. The molecule has 0 aliphatic rings. The molecule has 0 fully saturated rings. The van der Waals surface area contributed by atoms with Crippen molar-refractivity contribution in [1.29, 1.82) is 0 Å². The number of rotatable bonds is 2. The van der Waals surface area contributed by atoms with Gasteiger partial charge < -0.3 is 0 Å². The third kappa shape index (κ3) is 4.74. The third-order valence-corrected chi connectivity index (χ3v) is 3.59. The van der Waals surface area contributed by atoms with Crippen LogP contribution in [0.25, 0.3) is 0 Å². The summed E-state index contributed by atoms with van der Waals surface area (Å²) in [4.78, 5) is 0. The zero-order chi connectivity index (χ0) is 27.7. The summed E-state index contributed by atoms with van der Waals surface area (Å²) in [5, 5.41) is 0. The second-order valence-electron chi connectivity index (χ2n) is 5.64. The first kappa shape index (κ1) is 31.2. The highest BCUT2D eigenvalue weighted by Crippen LogP contribution is 2.71. The van der Waals surface area contributed by atoms with E-state index in [-0.39, 0.29) is 0 Å². The van der Waals surface area contributed by atoms with Gasteiger partial charge in [0.25, 0.3) is 5.41 Å². The number of halogens is 22. The lowest BCUT2D eigenvalue weighted by Crippen LogP contribution is -2.69. The normalized spacial score (nSPS) is 16.2. The number of hydrogen-bond donors (Lipinski definition) is 0. The first-order chi connectivity index (χ1) is 13.7. The highest BCUT2D eigenvalue weighted by atomic mass is 19.5. The smallest absolute Gasteiger partial charge is 0.218 e. The van der Waals surface area contributed by atoms with Crippen molar-refractivity contribution in [2.45, 2.75) is 48.9 Å². The topological polar surface area (TPSA) is 0 Å². The average Bonchev–Trinajstić information content (AvgIpc) is 2.34. The Kier molecular flexibility index (Phi) is 7.19. The van der Waals surface area contributed by atoms with Crippen molar-refractivity contribution in [2.75, 3.05) is 0 Å². The van der Waals surface area contributed by atoms with Crippen LogP contribution in [0.15, 0.2) is 11.1 Å². The molecule has 0 saturated carbocycles. The maximum absolute atomic E-state index is 14.1. The van der Waals surface area contributed by atoms with Crippen molar-refractivity contribution in [2.24, 2.45) is 5.41 Å². The second kappa shape index (κ2) is 7.60. The highest BCUT2D eigenvalue weighted by Gasteiger charge is 2.93. The monoisotopic (exact) mass is 550 g/mol. The Morgan fingerprint density at radius 3 is 0.606 bits per heavy atom. The lowest BCUT2D eigenvalue weighted by molar-refractivity contribution is -0.427. The van der Waals surface area contributed by atoms with Gasteiger partial charge in [-0.2, -0.15) is 92.2 Å². The molecule has 0 radical (unpaired) electrons. The van der Waals surface area contributed by atoms with Gasteiger partial charge >= 0.3 is 48.9 Å². The molecule has 0 aromatic carbocycles. The minimum atomic E-state index is -9.31. The predicted molar refractivity (Wildman–Crippen MR) is 55.7 cm³/mol. The van der Waals surface area contributed by atoms with Crippen LogP contribution in [0.3, 0.4) is 0 Å². The zero-order valence-electron chi connectivity index (χ0n) is 13.8. The van der Waals surface area contributed by atoms with Gasteiger partial charge in [-0.15, -0.1) is 0 Å². The van der Waals surface area contributed by atoms with Gasteiger partial charge in [0.2, 0.25) is 0 Å². The van der Waals surface area contributed by atoms with Crippen molar-refractivity contribution in [3.8, 4) is 0 Å². The molecule has 198 valence electrons. The lowest BCUT2D eigenvalue weighted by Gasteiger charge is -2.46. The number of allylic oxidation sites excluding steroid dienone is 2. The molecule has 33 heavy (non-hydrogen) atoms. The maximum Gasteiger partial charge on any atom is 0.435 e. The summed E-state index contributed by atoms with van der Waals surface area (Å²) >= 11 is 0. The SMILES string of the molecule is FC(F)(F)C(=C(C(F)(C(F)(F)F)C(F)(F)F)C(C(F)(F)F)(C(F)(F)F)C(F)(F)F)C(F)(F)F. The molecule has 0 rings (SSSR count). The predicted octanol–water partition coefficient (Wildman–Crippen LogP) is 7.91. The molecule has 0 aromatic heterocycles. The fourth-order valence-electron chi connectivity index (χ4n) is 2.41. The van der Waals surface area contributed by atoms with Crippen LogP contribution in [0.5, 0.6) is 0 Å². The molecule has 0 aromatic rings. The molecule has 0 spiro atoms. The van der Waals surface area contributed by atoms with E-state index in [1.165, 1.54) is 0 Å². The fourth-order valence-corrected chi connectivity index (χ4v) is 2.41. The molecular formula is C11F22. The van der Waals surface area contributed by atoms with Crippen molar-refractivity contribution in [1.82, 2.24) is 0 Å². The molecule has 0 atom stereocenters. The van der Waals surface area contributed by atoms with E-state index in [4.69, 9.17) is 0 Å². The molecule has 22 heteroatoms. The van der Waals surface area contributed by atoms with Crippen LogP contribution in [0.1, 0.15) is 0 Å². The molecule has 0 heterocycles. The summed E-state index contributed by atoms with van der Waals surface area (Å²) in [5.41, 5.74) is -31.6. The molecular weight excluding hydrogens is 550 g/mol. The quantitative estimate of drug-likeness (QED) is 0.242. The highest BCUT2D eigenvalue weighted by molar-refractivity contribution is 5.43. The summed E-state index contributed by atoms with van der Waals surface area (Å²) in [6, 6.07) is 0. The second-order valence-corrected chi connectivity index (χ2v) is 5.64. The van der Waals surface area contributed by atoms with Crippen molar-refractivity contribution in [3.63, 3.8) is 0 Å². The first-order valence-corrected chi connectivity index (χ1v) is 6.66. The summed E-state index contributed by atoms with van der Waals surface area (Å²) in [7, 11) is 0. The van der Waals surface area contributed by atoms with Crippen LogP contribution in [0, 0.1) is 5.41 Å². The van der Waals surface area contributed by atoms with Crippen LogP contribution in [0.2, 0.25) is 0 Å². The van der Waals surface area contributed by atoms with Crippen LogP contribution < -0.4 is 0 Å². The Bertz CT molecular complexity index is 669. The van der Waals surface area contributed by atoms with E-state index in [2.05, 4.69) is 0 Å². The van der Waals surface area contributed by atoms with Gasteiger partial charge in [-0.1, -0.05) is 0 Å². The van der Waals surface area contributed by atoms with Gasteiger partial charge in [-0.25, -0.2) is 4.39 Å². The summed E-state index contributed by atoms with van der Waals surface area (Å²) in [6.45, 7) is 0. The van der Waals surface area contributed by atoms with Gasteiger partial charge in [-0.05, 0) is 0 Å². The van der Waals surface area contributed by atoms with Crippen molar-refractivity contribution < 1.29 is 96.6 Å². The van der Waals surface area contributed by atoms with Gasteiger partial charge in [0.1, 0.15) is 5.57 Å². The van der Waals surface area contributed by atoms with Gasteiger partial charge in [0.15, 0.2) is 0 Å². The van der Waals surface area contributed by atoms with Crippen LogP contribution in [0.4, 0.5) is 96.6 Å². The largest absolute Gasteiger partial charge is 0.435 e. The third-order valence-electron chi connectivity index (χ3n) is 3.59. The maximum atomic E-state index is 14.1. The summed E-state index contributed by atoms with van der Waals surface area (Å²) in [6.07, 6.45) is -60.9. The van der Waals surface area contributed by atoms with E-state index in [1.54, 1.807) is 0 Å². The number of hydrogen-bond acceptors (Lipinski definition) is 0.